The molecule has 1 aromatic carbocycles. The number of aryl methyl sites for hydroxylation is 1. The molecular weight excluding hydrogens is 214 g/mol. The molecule has 2 atom stereocenters. The molecule has 0 aromatic heterocycles. The summed E-state index contributed by atoms with van der Waals surface area (Å²) >= 11 is 0. The predicted octanol–water partition coefficient (Wildman–Crippen LogP) is 2.34. The van der Waals surface area contributed by atoms with Gasteiger partial charge in [-0.05, 0) is 44.4 Å². The van der Waals surface area contributed by atoms with Gasteiger partial charge in [-0.3, -0.25) is 0 Å². The number of benzene rings is 1. The van der Waals surface area contributed by atoms with Gasteiger partial charge in [0.15, 0.2) is 0 Å². The Morgan fingerprint density at radius 3 is 2.41 bits per heavy atom. The van der Waals surface area contributed by atoms with Crippen LogP contribution in [0.1, 0.15) is 25.8 Å². The third kappa shape index (κ3) is 5.71. The lowest BCUT2D eigenvalue weighted by Crippen LogP contribution is -2.37. The van der Waals surface area contributed by atoms with E-state index in [0.717, 1.165) is 19.4 Å². The van der Waals surface area contributed by atoms with Gasteiger partial charge in [0.2, 0.25) is 0 Å². The molecule has 1 rings (SSSR count). The number of phenolic OH excluding ortho intramolecular Hbond substituents is 1. The average Bonchev–Trinajstić information content (AvgIpc) is 2.28. The number of rotatable bonds is 7. The number of aromatic hydroxyl groups is 1. The molecule has 0 amide bonds. The molecule has 1 aromatic rings. The third-order valence-electron chi connectivity index (χ3n) is 2.79. The van der Waals surface area contributed by atoms with Crippen LogP contribution in [-0.4, -0.2) is 30.9 Å². The van der Waals surface area contributed by atoms with Crippen LogP contribution in [0.15, 0.2) is 24.3 Å². The Balaban J connectivity index is 2.27. The second-order valence-corrected chi connectivity index (χ2v) is 4.63. The Labute approximate surface area is 104 Å². The highest BCUT2D eigenvalue weighted by atomic mass is 16.5. The smallest absolute Gasteiger partial charge is 0.115 e. The molecule has 0 radical (unpaired) electrons. The van der Waals surface area contributed by atoms with Gasteiger partial charge < -0.3 is 15.2 Å². The molecule has 0 aliphatic carbocycles. The monoisotopic (exact) mass is 237 g/mol. The molecule has 0 saturated heterocycles. The fraction of sp³-hybridized carbons (Fsp3) is 0.571. The normalized spacial score (nSPS) is 14.5. The average molecular weight is 237 g/mol. The van der Waals surface area contributed by atoms with Crippen molar-refractivity contribution in [2.45, 2.75) is 38.8 Å². The highest BCUT2D eigenvalue weighted by molar-refractivity contribution is 5.25. The Hall–Kier alpha value is -1.06. The standard InChI is InChI=1S/C14H23NO2/c1-11(15-12(2)10-17-3)4-5-13-6-8-14(16)9-7-13/h6-9,11-12,15-16H,4-5,10H2,1-3H3/t11-,12+/m0/s1. The quantitative estimate of drug-likeness (QED) is 0.765. The highest BCUT2D eigenvalue weighted by Gasteiger charge is 2.07. The Morgan fingerprint density at radius 1 is 1.18 bits per heavy atom. The van der Waals surface area contributed by atoms with E-state index in [2.05, 4.69) is 19.2 Å². The van der Waals surface area contributed by atoms with Gasteiger partial charge in [-0.1, -0.05) is 12.1 Å². The molecule has 0 aliphatic rings. The van der Waals surface area contributed by atoms with Crippen LogP contribution in [0.3, 0.4) is 0 Å². The molecule has 0 unspecified atom stereocenters. The van der Waals surface area contributed by atoms with Crippen LogP contribution in [0, 0.1) is 0 Å². The van der Waals surface area contributed by atoms with Gasteiger partial charge in [0, 0.05) is 19.2 Å². The lowest BCUT2D eigenvalue weighted by atomic mass is 10.1. The van der Waals surface area contributed by atoms with E-state index in [-0.39, 0.29) is 0 Å². The first-order valence-corrected chi connectivity index (χ1v) is 6.14. The molecule has 3 nitrogen and oxygen atoms in total. The molecule has 0 aliphatic heterocycles. The number of ether oxygens (including phenoxy) is 1. The van der Waals surface area contributed by atoms with Gasteiger partial charge >= 0.3 is 0 Å². The maximum atomic E-state index is 9.19. The Bertz CT molecular complexity index is 311. The molecule has 3 heteroatoms. The summed E-state index contributed by atoms with van der Waals surface area (Å²) in [6.07, 6.45) is 2.10. The summed E-state index contributed by atoms with van der Waals surface area (Å²) in [6.45, 7) is 5.05. The second kappa shape index (κ2) is 7.30. The Morgan fingerprint density at radius 2 is 1.82 bits per heavy atom. The fourth-order valence-electron chi connectivity index (χ4n) is 1.91. The van der Waals surface area contributed by atoms with E-state index in [1.807, 2.05) is 12.1 Å². The van der Waals surface area contributed by atoms with Gasteiger partial charge in [0.05, 0.1) is 6.61 Å². The van der Waals surface area contributed by atoms with Gasteiger partial charge in [-0.25, -0.2) is 0 Å². The fourth-order valence-corrected chi connectivity index (χ4v) is 1.91. The first-order chi connectivity index (χ1) is 8.11. The van der Waals surface area contributed by atoms with Crippen molar-refractivity contribution in [3.63, 3.8) is 0 Å². The summed E-state index contributed by atoms with van der Waals surface area (Å²) in [4.78, 5) is 0. The minimum absolute atomic E-state index is 0.327. The molecule has 17 heavy (non-hydrogen) atoms. The first-order valence-electron chi connectivity index (χ1n) is 6.14. The molecule has 0 bridgehead atoms. The van der Waals surface area contributed by atoms with E-state index < -0.39 is 0 Å². The summed E-state index contributed by atoms with van der Waals surface area (Å²) in [7, 11) is 1.72. The maximum absolute atomic E-state index is 9.19. The second-order valence-electron chi connectivity index (χ2n) is 4.63. The van der Waals surface area contributed by atoms with Crippen LogP contribution >= 0.6 is 0 Å². The molecule has 0 heterocycles. The zero-order valence-electron chi connectivity index (χ0n) is 10.9. The van der Waals surface area contributed by atoms with E-state index in [0.29, 0.717) is 17.8 Å². The largest absolute Gasteiger partial charge is 0.508 e. The van der Waals surface area contributed by atoms with Gasteiger partial charge in [-0.2, -0.15) is 0 Å². The summed E-state index contributed by atoms with van der Waals surface area (Å²) in [5.41, 5.74) is 1.26. The van der Waals surface area contributed by atoms with Crippen LogP contribution in [-0.2, 0) is 11.2 Å². The number of hydrogen-bond acceptors (Lipinski definition) is 3. The van der Waals surface area contributed by atoms with Gasteiger partial charge in [0.25, 0.3) is 0 Å². The van der Waals surface area contributed by atoms with Crippen LogP contribution < -0.4 is 5.32 Å². The van der Waals surface area contributed by atoms with Crippen molar-refractivity contribution in [2.75, 3.05) is 13.7 Å². The van der Waals surface area contributed by atoms with Crippen molar-refractivity contribution >= 4 is 0 Å². The van der Waals surface area contributed by atoms with Crippen LogP contribution in [0.2, 0.25) is 0 Å². The molecule has 0 saturated carbocycles. The lowest BCUT2D eigenvalue weighted by molar-refractivity contribution is 0.167. The number of phenols is 1. The number of methoxy groups -OCH3 is 1. The lowest BCUT2D eigenvalue weighted by Gasteiger charge is -2.19. The Kier molecular flexibility index (Phi) is 6.01. The maximum Gasteiger partial charge on any atom is 0.115 e. The van der Waals surface area contributed by atoms with E-state index in [4.69, 9.17) is 4.74 Å². The van der Waals surface area contributed by atoms with Gasteiger partial charge in [-0.15, -0.1) is 0 Å². The van der Waals surface area contributed by atoms with Crippen molar-refractivity contribution in [3.05, 3.63) is 29.8 Å². The van der Waals surface area contributed by atoms with E-state index in [1.54, 1.807) is 19.2 Å². The number of hydrogen-bond donors (Lipinski definition) is 2. The van der Waals surface area contributed by atoms with Crippen molar-refractivity contribution in [1.29, 1.82) is 0 Å². The van der Waals surface area contributed by atoms with E-state index >= 15 is 0 Å². The molecular formula is C14H23NO2. The van der Waals surface area contributed by atoms with Crippen LogP contribution in [0.5, 0.6) is 5.75 Å². The number of nitrogens with one attached hydrogen (secondary N) is 1. The minimum Gasteiger partial charge on any atom is -0.508 e. The summed E-state index contributed by atoms with van der Waals surface area (Å²) < 4.78 is 5.09. The predicted molar refractivity (Wildman–Crippen MR) is 70.4 cm³/mol. The minimum atomic E-state index is 0.327. The molecule has 0 spiro atoms. The molecule has 96 valence electrons. The zero-order valence-corrected chi connectivity index (χ0v) is 10.9. The molecule has 2 N–H and O–H groups in total. The topological polar surface area (TPSA) is 41.5 Å². The SMILES string of the molecule is COC[C@@H](C)N[C@@H](C)CCc1ccc(O)cc1. The summed E-state index contributed by atoms with van der Waals surface area (Å²) in [5.74, 6) is 0.327. The highest BCUT2D eigenvalue weighted by Crippen LogP contribution is 2.12. The van der Waals surface area contributed by atoms with Gasteiger partial charge in [0.1, 0.15) is 5.75 Å². The van der Waals surface area contributed by atoms with E-state index in [9.17, 15) is 5.11 Å². The van der Waals surface area contributed by atoms with Crippen molar-refractivity contribution < 1.29 is 9.84 Å². The third-order valence-corrected chi connectivity index (χ3v) is 2.79. The zero-order chi connectivity index (χ0) is 12.7. The van der Waals surface area contributed by atoms with Crippen molar-refractivity contribution in [2.24, 2.45) is 0 Å². The molecule has 0 fully saturated rings. The first kappa shape index (κ1) is 14.0. The van der Waals surface area contributed by atoms with Crippen molar-refractivity contribution in [3.8, 4) is 5.75 Å². The van der Waals surface area contributed by atoms with Crippen LogP contribution in [0.25, 0.3) is 0 Å². The van der Waals surface area contributed by atoms with Crippen molar-refractivity contribution in [1.82, 2.24) is 5.32 Å². The summed E-state index contributed by atoms with van der Waals surface area (Å²) in [6, 6.07) is 8.27. The van der Waals surface area contributed by atoms with E-state index in [1.165, 1.54) is 5.56 Å². The summed E-state index contributed by atoms with van der Waals surface area (Å²) in [5, 5.41) is 12.7. The van der Waals surface area contributed by atoms with Crippen LogP contribution in [0.4, 0.5) is 0 Å².